The second-order valence-electron chi connectivity index (χ2n) is 6.70. The Morgan fingerprint density at radius 2 is 1.68 bits per heavy atom. The summed E-state index contributed by atoms with van der Waals surface area (Å²) in [4.78, 5) is 5.29. The van der Waals surface area contributed by atoms with E-state index in [1.165, 1.54) is 64.8 Å². The molecule has 3 nitrogen and oxygen atoms in total. The highest BCUT2D eigenvalue weighted by atomic mass is 15.3. The summed E-state index contributed by atoms with van der Waals surface area (Å²) in [7, 11) is 0. The van der Waals surface area contributed by atoms with Crippen molar-refractivity contribution in [1.82, 2.24) is 9.80 Å². The van der Waals surface area contributed by atoms with E-state index >= 15 is 0 Å². The molecule has 0 aromatic rings. The first-order valence-corrected chi connectivity index (χ1v) is 8.41. The van der Waals surface area contributed by atoms with Gasteiger partial charge >= 0.3 is 0 Å². The average molecular weight is 267 g/mol. The Balaban J connectivity index is 1.82. The third kappa shape index (κ3) is 4.17. The summed E-state index contributed by atoms with van der Waals surface area (Å²) in [5.41, 5.74) is 6.11. The normalized spacial score (nSPS) is 32.4. The number of nitrogens with zero attached hydrogens (tertiary/aromatic N) is 2. The van der Waals surface area contributed by atoms with Gasteiger partial charge in [0.05, 0.1) is 0 Å². The van der Waals surface area contributed by atoms with Crippen LogP contribution in [0.3, 0.4) is 0 Å². The molecule has 0 aromatic heterocycles. The van der Waals surface area contributed by atoms with E-state index < -0.39 is 0 Å². The molecule has 0 radical (unpaired) electrons. The van der Waals surface area contributed by atoms with Gasteiger partial charge in [0, 0.05) is 38.8 Å². The topological polar surface area (TPSA) is 32.5 Å². The lowest BCUT2D eigenvalue weighted by molar-refractivity contribution is 0.0578. The second-order valence-corrected chi connectivity index (χ2v) is 6.70. The van der Waals surface area contributed by atoms with Crippen molar-refractivity contribution in [3.8, 4) is 0 Å². The van der Waals surface area contributed by atoms with Crippen LogP contribution in [0.5, 0.6) is 0 Å². The largest absolute Gasteiger partial charge is 0.329 e. The maximum atomic E-state index is 6.11. The number of nitrogens with two attached hydrogens (primary N) is 1. The SMILES string of the molecule is CCCN1CCN(C(CN)C2CCC(C)CC2)CC1. The van der Waals surface area contributed by atoms with Crippen LogP contribution in [0.4, 0.5) is 0 Å². The summed E-state index contributed by atoms with van der Waals surface area (Å²) in [6.45, 7) is 11.7. The number of piperazine rings is 1. The van der Waals surface area contributed by atoms with Crippen LogP contribution < -0.4 is 5.73 Å². The van der Waals surface area contributed by atoms with Crippen molar-refractivity contribution in [3.63, 3.8) is 0 Å². The molecule has 0 amide bonds. The van der Waals surface area contributed by atoms with Gasteiger partial charge in [0.25, 0.3) is 0 Å². The standard InChI is InChI=1S/C16H33N3/c1-3-8-18-9-11-19(12-10-18)16(13-17)15-6-4-14(2)5-7-15/h14-16H,3-13,17H2,1-2H3. The van der Waals surface area contributed by atoms with Gasteiger partial charge in [-0.15, -0.1) is 0 Å². The van der Waals surface area contributed by atoms with Gasteiger partial charge in [-0.3, -0.25) is 4.90 Å². The Hall–Kier alpha value is -0.120. The Bertz CT molecular complexity index is 240. The molecule has 2 aliphatic rings. The molecular formula is C16H33N3. The molecule has 112 valence electrons. The van der Waals surface area contributed by atoms with Crippen molar-refractivity contribution in [2.45, 2.75) is 52.0 Å². The molecule has 3 heteroatoms. The molecule has 0 aromatic carbocycles. The first kappa shape index (κ1) is 15.3. The minimum absolute atomic E-state index is 0.649. The molecule has 2 rings (SSSR count). The maximum Gasteiger partial charge on any atom is 0.0247 e. The molecule has 0 spiro atoms. The van der Waals surface area contributed by atoms with E-state index in [1.54, 1.807) is 0 Å². The molecule has 19 heavy (non-hydrogen) atoms. The van der Waals surface area contributed by atoms with Gasteiger partial charge in [-0.2, -0.15) is 0 Å². The van der Waals surface area contributed by atoms with Crippen molar-refractivity contribution in [1.29, 1.82) is 0 Å². The van der Waals surface area contributed by atoms with Crippen LogP contribution >= 0.6 is 0 Å². The molecule has 1 saturated carbocycles. The van der Waals surface area contributed by atoms with Gasteiger partial charge in [-0.25, -0.2) is 0 Å². The average Bonchev–Trinajstić information content (AvgIpc) is 2.44. The quantitative estimate of drug-likeness (QED) is 0.828. The highest BCUT2D eigenvalue weighted by Crippen LogP contribution is 2.32. The predicted octanol–water partition coefficient (Wildman–Crippen LogP) is 2.17. The molecule has 1 saturated heterocycles. The fraction of sp³-hybridized carbons (Fsp3) is 1.00. The van der Waals surface area contributed by atoms with Crippen molar-refractivity contribution in [2.75, 3.05) is 39.3 Å². The third-order valence-electron chi connectivity index (χ3n) is 5.26. The van der Waals surface area contributed by atoms with E-state index in [4.69, 9.17) is 5.73 Å². The van der Waals surface area contributed by atoms with Gasteiger partial charge in [-0.05, 0) is 37.6 Å². The van der Waals surface area contributed by atoms with Crippen molar-refractivity contribution >= 4 is 0 Å². The summed E-state index contributed by atoms with van der Waals surface area (Å²) in [5.74, 6) is 1.80. The van der Waals surface area contributed by atoms with Crippen LogP contribution in [0.25, 0.3) is 0 Å². The van der Waals surface area contributed by atoms with Gasteiger partial charge in [0.1, 0.15) is 0 Å². The van der Waals surface area contributed by atoms with Crippen LogP contribution in [0.15, 0.2) is 0 Å². The fourth-order valence-electron chi connectivity index (χ4n) is 3.95. The van der Waals surface area contributed by atoms with Crippen molar-refractivity contribution in [3.05, 3.63) is 0 Å². The Kier molecular flexibility index (Phi) is 6.11. The highest BCUT2D eigenvalue weighted by molar-refractivity contribution is 4.86. The van der Waals surface area contributed by atoms with Gasteiger partial charge in [0.15, 0.2) is 0 Å². The molecule has 2 N–H and O–H groups in total. The van der Waals surface area contributed by atoms with Gasteiger partial charge in [-0.1, -0.05) is 26.7 Å². The van der Waals surface area contributed by atoms with Crippen LogP contribution in [-0.2, 0) is 0 Å². The molecule has 1 heterocycles. The summed E-state index contributed by atoms with van der Waals surface area (Å²) < 4.78 is 0. The minimum atomic E-state index is 0.649. The number of hydrogen-bond acceptors (Lipinski definition) is 3. The van der Waals surface area contributed by atoms with E-state index in [0.29, 0.717) is 6.04 Å². The Morgan fingerprint density at radius 1 is 1.05 bits per heavy atom. The van der Waals surface area contributed by atoms with Crippen molar-refractivity contribution in [2.24, 2.45) is 17.6 Å². The third-order valence-corrected chi connectivity index (χ3v) is 5.26. The van der Waals surface area contributed by atoms with E-state index in [9.17, 15) is 0 Å². The Labute approximate surface area is 119 Å². The molecule has 2 fully saturated rings. The molecule has 1 aliphatic carbocycles. The molecular weight excluding hydrogens is 234 g/mol. The predicted molar refractivity (Wildman–Crippen MR) is 82.3 cm³/mol. The highest BCUT2D eigenvalue weighted by Gasteiger charge is 2.31. The van der Waals surface area contributed by atoms with Crippen molar-refractivity contribution < 1.29 is 0 Å². The zero-order chi connectivity index (χ0) is 13.7. The van der Waals surface area contributed by atoms with Crippen LogP contribution in [0.2, 0.25) is 0 Å². The van der Waals surface area contributed by atoms with Crippen LogP contribution in [0, 0.1) is 11.8 Å². The van der Waals surface area contributed by atoms with Gasteiger partial charge < -0.3 is 10.6 Å². The monoisotopic (exact) mass is 267 g/mol. The van der Waals surface area contributed by atoms with E-state index in [0.717, 1.165) is 18.4 Å². The van der Waals surface area contributed by atoms with E-state index in [-0.39, 0.29) is 0 Å². The molecule has 1 unspecified atom stereocenters. The smallest absolute Gasteiger partial charge is 0.0247 e. The second kappa shape index (κ2) is 7.61. The summed E-state index contributed by atoms with van der Waals surface area (Å²) in [5, 5.41) is 0. The van der Waals surface area contributed by atoms with Gasteiger partial charge in [0.2, 0.25) is 0 Å². The molecule has 1 atom stereocenters. The van der Waals surface area contributed by atoms with Crippen LogP contribution in [0.1, 0.15) is 46.0 Å². The fourth-order valence-corrected chi connectivity index (χ4v) is 3.95. The Morgan fingerprint density at radius 3 is 2.21 bits per heavy atom. The zero-order valence-corrected chi connectivity index (χ0v) is 13.0. The lowest BCUT2D eigenvalue weighted by Gasteiger charge is -2.43. The summed E-state index contributed by atoms with van der Waals surface area (Å²) >= 11 is 0. The van der Waals surface area contributed by atoms with E-state index in [2.05, 4.69) is 23.6 Å². The van der Waals surface area contributed by atoms with Crippen LogP contribution in [-0.4, -0.2) is 55.1 Å². The zero-order valence-electron chi connectivity index (χ0n) is 13.0. The first-order chi connectivity index (χ1) is 9.24. The van der Waals surface area contributed by atoms with E-state index in [1.807, 2.05) is 0 Å². The lowest BCUT2D eigenvalue weighted by Crippen LogP contribution is -2.55. The molecule has 0 bridgehead atoms. The first-order valence-electron chi connectivity index (χ1n) is 8.41. The number of hydrogen-bond donors (Lipinski definition) is 1. The summed E-state index contributed by atoms with van der Waals surface area (Å²) in [6, 6.07) is 0.649. The maximum absolute atomic E-state index is 6.11. The summed E-state index contributed by atoms with van der Waals surface area (Å²) in [6.07, 6.45) is 6.91. The minimum Gasteiger partial charge on any atom is -0.329 e. The molecule has 1 aliphatic heterocycles. The lowest BCUT2D eigenvalue weighted by atomic mass is 9.78. The number of rotatable bonds is 5.